The molecule has 13 nitrogen and oxygen atoms in total. The third-order valence-corrected chi connectivity index (χ3v) is 12.8. The topological polar surface area (TPSA) is 184 Å². The minimum Gasteiger partial charge on any atom is -0.387 e. The molecule has 1 saturated heterocycles. The molecule has 1 heterocycles. The largest absolute Gasteiger partial charge is 0.472 e. The normalized spacial score (nSPS) is 21.7. The van der Waals surface area contributed by atoms with Gasteiger partial charge in [0, 0.05) is 6.42 Å². The Kier molecular flexibility index (Phi) is 34.5. The van der Waals surface area contributed by atoms with Crippen LogP contribution in [0.3, 0.4) is 0 Å². The van der Waals surface area contributed by atoms with E-state index in [-0.39, 0.29) is 19.1 Å². The predicted octanol–water partition coefficient (Wildman–Crippen LogP) is 9.26. The second-order valence-electron chi connectivity index (χ2n) is 19.4. The highest BCUT2D eigenvalue weighted by atomic mass is 31.2. The molecule has 1 fully saturated rings. The first kappa shape index (κ1) is 59.1. The summed E-state index contributed by atoms with van der Waals surface area (Å²) in [6, 6.07) is -0.891. The Hall–Kier alpha value is -0.960. The SMILES string of the molecule is CCCCCCCCCCCCCCCCCC(=O)N[C@@H](CO[C@@H]1O[C@H](COP(=O)(O)OCC[N+](C)(C)C)[C@H](O)[C@H](O)[C@H]1O)[C@H](O)/C=C/CCCCCCCCCCCC(C)C. The Bertz CT molecular complexity index is 1160. The number of phosphoric acid groups is 1. The molecule has 368 valence electrons. The Morgan fingerprint density at radius 3 is 1.74 bits per heavy atom. The molecule has 0 bridgehead atoms. The summed E-state index contributed by atoms with van der Waals surface area (Å²) in [5.74, 6) is 0.561. The summed E-state index contributed by atoms with van der Waals surface area (Å²) in [6.45, 7) is 6.29. The van der Waals surface area contributed by atoms with Crippen LogP contribution in [0, 0.1) is 5.92 Å². The number of unbranched alkanes of at least 4 members (excludes halogenated alkanes) is 23. The summed E-state index contributed by atoms with van der Waals surface area (Å²) in [6.07, 6.45) is 26.5. The van der Waals surface area contributed by atoms with Gasteiger partial charge in [0.05, 0.1) is 46.5 Å². The van der Waals surface area contributed by atoms with E-state index in [2.05, 4.69) is 26.1 Å². The molecule has 0 radical (unpaired) electrons. The van der Waals surface area contributed by atoms with Gasteiger partial charge in [0.2, 0.25) is 5.91 Å². The van der Waals surface area contributed by atoms with Crippen molar-refractivity contribution >= 4 is 13.7 Å². The second kappa shape index (κ2) is 36.2. The number of likely N-dealkylation sites (N-methyl/N-ethyl adjacent to an activating group) is 1. The van der Waals surface area contributed by atoms with E-state index in [1.54, 1.807) is 6.08 Å². The minimum atomic E-state index is -4.52. The maximum absolute atomic E-state index is 13.1. The summed E-state index contributed by atoms with van der Waals surface area (Å²) in [5, 5.41) is 46.1. The van der Waals surface area contributed by atoms with Gasteiger partial charge in [-0.05, 0) is 25.2 Å². The molecular weight excluding hydrogens is 812 g/mol. The average Bonchev–Trinajstić information content (AvgIpc) is 3.21. The van der Waals surface area contributed by atoms with Crippen LogP contribution in [0.4, 0.5) is 0 Å². The van der Waals surface area contributed by atoms with Crippen molar-refractivity contribution in [3.63, 3.8) is 0 Å². The number of hydrogen-bond acceptors (Lipinski definition) is 10. The van der Waals surface area contributed by atoms with Crippen LogP contribution in [-0.2, 0) is 27.9 Å². The van der Waals surface area contributed by atoms with Crippen molar-refractivity contribution in [2.75, 3.05) is 47.5 Å². The summed E-state index contributed by atoms with van der Waals surface area (Å²) in [4.78, 5) is 23.3. The van der Waals surface area contributed by atoms with Crippen molar-refractivity contribution in [1.82, 2.24) is 5.32 Å². The Balaban J connectivity index is 2.64. The van der Waals surface area contributed by atoms with Crippen LogP contribution in [0.5, 0.6) is 0 Å². The molecule has 1 unspecified atom stereocenters. The fourth-order valence-corrected chi connectivity index (χ4v) is 8.33. The lowest BCUT2D eigenvalue weighted by molar-refractivity contribution is -0.870. The number of allylic oxidation sites excluding steroid dienone is 1. The predicted molar refractivity (Wildman–Crippen MR) is 250 cm³/mol. The summed E-state index contributed by atoms with van der Waals surface area (Å²) in [5.41, 5.74) is 0. The molecule has 0 saturated carbocycles. The lowest BCUT2D eigenvalue weighted by Gasteiger charge is -2.40. The number of hydrogen-bond donors (Lipinski definition) is 6. The number of amides is 1. The van der Waals surface area contributed by atoms with E-state index in [0.29, 0.717) is 17.4 Å². The number of carbonyl (C=O) groups excluding carboxylic acids is 1. The number of ether oxygens (including phenoxy) is 2. The molecule has 62 heavy (non-hydrogen) atoms. The maximum atomic E-state index is 13.1. The van der Waals surface area contributed by atoms with Crippen LogP contribution < -0.4 is 5.32 Å². The van der Waals surface area contributed by atoms with Crippen LogP contribution in [-0.4, -0.2) is 126 Å². The third-order valence-electron chi connectivity index (χ3n) is 11.8. The van der Waals surface area contributed by atoms with E-state index in [9.17, 15) is 34.7 Å². The molecule has 0 aromatic rings. The summed E-state index contributed by atoms with van der Waals surface area (Å²) >= 11 is 0. The van der Waals surface area contributed by atoms with Gasteiger partial charge in [-0.1, -0.05) is 181 Å². The zero-order valence-electron chi connectivity index (χ0n) is 40.3. The maximum Gasteiger partial charge on any atom is 0.472 e. The van der Waals surface area contributed by atoms with Gasteiger partial charge in [0.25, 0.3) is 0 Å². The lowest BCUT2D eigenvalue weighted by Crippen LogP contribution is -2.60. The van der Waals surface area contributed by atoms with Crippen molar-refractivity contribution in [1.29, 1.82) is 0 Å². The van der Waals surface area contributed by atoms with E-state index in [4.69, 9.17) is 18.5 Å². The van der Waals surface area contributed by atoms with E-state index >= 15 is 0 Å². The number of aliphatic hydroxyl groups excluding tert-OH is 4. The molecule has 14 heteroatoms. The van der Waals surface area contributed by atoms with Gasteiger partial charge in [-0.15, -0.1) is 0 Å². The number of aliphatic hydroxyl groups is 4. The number of nitrogens with zero attached hydrogens (tertiary/aromatic N) is 1. The first-order chi connectivity index (χ1) is 29.6. The zero-order chi connectivity index (χ0) is 46.1. The van der Waals surface area contributed by atoms with Gasteiger partial charge in [-0.2, -0.15) is 0 Å². The number of carbonyl (C=O) groups is 1. The number of rotatable bonds is 41. The first-order valence-corrected chi connectivity index (χ1v) is 26.4. The molecule has 1 aliphatic heterocycles. The van der Waals surface area contributed by atoms with Crippen LogP contribution in [0.2, 0.25) is 0 Å². The molecule has 0 spiro atoms. The highest BCUT2D eigenvalue weighted by Crippen LogP contribution is 2.43. The summed E-state index contributed by atoms with van der Waals surface area (Å²) < 4.78 is 34.6. The number of nitrogens with one attached hydrogen (secondary N) is 1. The van der Waals surface area contributed by atoms with Crippen LogP contribution in [0.25, 0.3) is 0 Å². The Morgan fingerprint density at radius 1 is 0.726 bits per heavy atom. The highest BCUT2D eigenvalue weighted by Gasteiger charge is 2.45. The summed E-state index contributed by atoms with van der Waals surface area (Å²) in [7, 11) is 1.18. The van der Waals surface area contributed by atoms with Crippen molar-refractivity contribution < 1.29 is 57.7 Å². The van der Waals surface area contributed by atoms with E-state index in [1.165, 1.54) is 122 Å². The molecular formula is C48H96N2O11P+. The van der Waals surface area contributed by atoms with Gasteiger partial charge < -0.3 is 44.6 Å². The standard InChI is InChI=1S/C48H95N2O11P/c1-7-8-9-10-11-12-13-14-15-16-20-23-26-29-32-35-44(52)49-41(42(51)34-31-28-25-22-19-17-18-21-24-27-30-33-40(2)3)38-58-48-47(55)46(54)45(53)43(61-48)39-60-62(56,57)59-37-36-50(4,5)6/h31,34,40-43,45-48,51,53-55H,7-30,32-33,35-39H2,1-6H3,(H-,49,52,56,57)/p+1/b34-31+/t41-,42+,43+,45-,46-,47+,48+/m0/s1. The quantitative estimate of drug-likeness (QED) is 0.0149. The van der Waals surface area contributed by atoms with Crippen LogP contribution >= 0.6 is 7.82 Å². The smallest absolute Gasteiger partial charge is 0.387 e. The fraction of sp³-hybridized carbons (Fsp3) is 0.938. The molecule has 6 N–H and O–H groups in total. The number of phosphoric ester groups is 1. The first-order valence-electron chi connectivity index (χ1n) is 24.9. The van der Waals surface area contributed by atoms with Crippen molar-refractivity contribution in [2.45, 2.75) is 237 Å². The Morgan fingerprint density at radius 2 is 1.23 bits per heavy atom. The molecule has 1 aliphatic rings. The van der Waals surface area contributed by atoms with E-state index in [1.807, 2.05) is 27.2 Å². The molecule has 0 aliphatic carbocycles. The lowest BCUT2D eigenvalue weighted by atomic mass is 9.99. The zero-order valence-corrected chi connectivity index (χ0v) is 41.2. The molecule has 1 amide bonds. The van der Waals surface area contributed by atoms with Gasteiger partial charge >= 0.3 is 7.82 Å². The fourth-order valence-electron chi connectivity index (χ4n) is 7.61. The molecule has 1 rings (SSSR count). The van der Waals surface area contributed by atoms with E-state index < -0.39 is 57.3 Å². The molecule has 0 aromatic heterocycles. The Labute approximate surface area is 378 Å². The molecule has 0 aromatic carbocycles. The monoisotopic (exact) mass is 908 g/mol. The van der Waals surface area contributed by atoms with E-state index in [0.717, 1.165) is 50.9 Å². The van der Waals surface area contributed by atoms with Crippen LogP contribution in [0.1, 0.15) is 194 Å². The highest BCUT2D eigenvalue weighted by molar-refractivity contribution is 7.47. The van der Waals surface area contributed by atoms with Crippen molar-refractivity contribution in [3.05, 3.63) is 12.2 Å². The third kappa shape index (κ3) is 31.8. The van der Waals surface area contributed by atoms with Gasteiger partial charge in [0.1, 0.15) is 37.6 Å². The van der Waals surface area contributed by atoms with Crippen molar-refractivity contribution in [3.8, 4) is 0 Å². The second-order valence-corrected chi connectivity index (χ2v) is 20.9. The van der Waals surface area contributed by atoms with Crippen molar-refractivity contribution in [2.24, 2.45) is 5.92 Å². The molecule has 8 atom stereocenters. The van der Waals surface area contributed by atoms with Crippen LogP contribution in [0.15, 0.2) is 12.2 Å². The van der Waals surface area contributed by atoms with Gasteiger partial charge in [-0.3, -0.25) is 13.8 Å². The average molecular weight is 908 g/mol. The number of quaternary nitrogens is 1. The van der Waals surface area contributed by atoms with Gasteiger partial charge in [-0.25, -0.2) is 4.57 Å². The van der Waals surface area contributed by atoms with Gasteiger partial charge in [0.15, 0.2) is 6.29 Å². The minimum absolute atomic E-state index is 0.0549.